The molecule has 4 fully saturated rings. The van der Waals surface area contributed by atoms with E-state index in [1.165, 1.54) is 0 Å². The maximum absolute atomic E-state index is 15.1. The van der Waals surface area contributed by atoms with Crippen LogP contribution >= 0.6 is 23.2 Å². The van der Waals surface area contributed by atoms with E-state index in [9.17, 15) is 43.9 Å². The Labute approximate surface area is 201 Å². The van der Waals surface area contributed by atoms with Crippen LogP contribution in [-0.2, 0) is 4.74 Å². The van der Waals surface area contributed by atoms with E-state index in [2.05, 4.69) is 0 Å². The molecule has 0 aromatic heterocycles. The summed E-state index contributed by atoms with van der Waals surface area (Å²) in [7, 11) is 0. The molecule has 0 bridgehead atoms. The third-order valence-electron chi connectivity index (χ3n) is 8.17. The minimum absolute atomic E-state index is 0.0545. The molecule has 0 N–H and O–H groups in total. The molecule has 204 valence electrons. The van der Waals surface area contributed by atoms with Gasteiger partial charge >= 0.3 is 23.7 Å². The van der Waals surface area contributed by atoms with E-state index in [4.69, 9.17) is 27.9 Å². The monoisotopic (exact) mass is 574 g/mol. The molecular weight excluding hydrogens is 555 g/mol. The van der Waals surface area contributed by atoms with Crippen molar-refractivity contribution in [2.45, 2.75) is 109 Å². The Morgan fingerprint density at radius 1 is 0.514 bits per heavy atom. The van der Waals surface area contributed by atoms with Gasteiger partial charge in [0.15, 0.2) is 12.3 Å². The predicted molar refractivity (Wildman–Crippen MR) is 99.4 cm³/mol. The predicted octanol–water partition coefficient (Wildman–Crippen LogP) is 7.91. The van der Waals surface area contributed by atoms with Crippen molar-refractivity contribution in [1.82, 2.24) is 0 Å². The lowest BCUT2D eigenvalue weighted by Gasteiger charge is -2.49. The van der Waals surface area contributed by atoms with E-state index in [0.29, 0.717) is 0 Å². The molecule has 0 aromatic rings. The summed E-state index contributed by atoms with van der Waals surface area (Å²) in [5, 5.41) is -9.51. The van der Waals surface area contributed by atoms with Crippen LogP contribution in [-0.4, -0.2) is 57.5 Å². The molecule has 0 saturated heterocycles. The standard InChI is InChI=1S/C20H20Cl2F12O/c21-15(25)9(11(23)17(27,28)19(15,31)32)13(5-1-2-6-13)35-14(7-3-4-8-14)10-12(24)18(29,30)20(33,34)16(10,22)26/h9-12H,1-8H2. The maximum Gasteiger partial charge on any atom is 0.360 e. The van der Waals surface area contributed by atoms with Gasteiger partial charge in [-0.2, -0.15) is 35.1 Å². The van der Waals surface area contributed by atoms with Gasteiger partial charge < -0.3 is 4.74 Å². The van der Waals surface area contributed by atoms with Gasteiger partial charge in [0.1, 0.15) is 0 Å². The molecular formula is C20H20Cl2F12O. The van der Waals surface area contributed by atoms with Gasteiger partial charge in [0.2, 0.25) is 0 Å². The Hall–Kier alpha value is -0.300. The van der Waals surface area contributed by atoms with E-state index >= 15 is 8.78 Å². The summed E-state index contributed by atoms with van der Waals surface area (Å²) in [6.07, 6.45) is -10.6. The second kappa shape index (κ2) is 7.64. The van der Waals surface area contributed by atoms with Crippen molar-refractivity contribution in [3.63, 3.8) is 0 Å². The van der Waals surface area contributed by atoms with Crippen LogP contribution < -0.4 is 0 Å². The summed E-state index contributed by atoms with van der Waals surface area (Å²) in [6, 6.07) is 0. The molecule has 0 radical (unpaired) electrons. The molecule has 1 nitrogen and oxygen atoms in total. The van der Waals surface area contributed by atoms with Crippen molar-refractivity contribution < 1.29 is 57.4 Å². The molecule has 0 aromatic carbocycles. The quantitative estimate of drug-likeness (QED) is 0.245. The van der Waals surface area contributed by atoms with Crippen molar-refractivity contribution in [2.24, 2.45) is 11.8 Å². The molecule has 15 heteroatoms. The molecule has 4 aliphatic carbocycles. The summed E-state index contributed by atoms with van der Waals surface area (Å²) in [5.41, 5.74) is -5.38. The number of ether oxygens (including phenoxy) is 1. The van der Waals surface area contributed by atoms with Gasteiger partial charge in [0.05, 0.1) is 23.0 Å². The minimum atomic E-state index is -5.75. The first-order valence-corrected chi connectivity index (χ1v) is 11.7. The van der Waals surface area contributed by atoms with Gasteiger partial charge in [-0.05, 0) is 25.7 Å². The average molecular weight is 575 g/mol. The third kappa shape index (κ3) is 3.15. The van der Waals surface area contributed by atoms with Gasteiger partial charge in [0.25, 0.3) is 10.3 Å². The molecule has 6 unspecified atom stereocenters. The van der Waals surface area contributed by atoms with E-state index in [0.717, 1.165) is 0 Å². The Kier molecular flexibility index (Phi) is 6.05. The Morgan fingerprint density at radius 3 is 0.971 bits per heavy atom. The fourth-order valence-electron chi connectivity index (χ4n) is 6.47. The van der Waals surface area contributed by atoms with E-state index in [-0.39, 0.29) is 25.7 Å². The van der Waals surface area contributed by atoms with Crippen molar-refractivity contribution in [2.75, 3.05) is 0 Å². The van der Waals surface area contributed by atoms with Crippen molar-refractivity contribution in [3.8, 4) is 0 Å². The largest absolute Gasteiger partial charge is 0.367 e. The average Bonchev–Trinajstić information content (AvgIpc) is 3.40. The minimum Gasteiger partial charge on any atom is -0.367 e. The lowest BCUT2D eigenvalue weighted by Crippen LogP contribution is -2.60. The van der Waals surface area contributed by atoms with Gasteiger partial charge in [-0.1, -0.05) is 48.9 Å². The second-order valence-electron chi connectivity index (χ2n) is 10.0. The molecule has 6 atom stereocenters. The Bertz CT molecular complexity index is 783. The van der Waals surface area contributed by atoms with Gasteiger partial charge in [-0.3, -0.25) is 0 Å². The summed E-state index contributed by atoms with van der Waals surface area (Å²) in [4.78, 5) is 0. The molecule has 0 heterocycles. The van der Waals surface area contributed by atoms with E-state index in [1.54, 1.807) is 0 Å². The highest BCUT2D eigenvalue weighted by Crippen LogP contribution is 2.70. The third-order valence-corrected chi connectivity index (χ3v) is 9.12. The Balaban J connectivity index is 1.84. The van der Waals surface area contributed by atoms with Crippen molar-refractivity contribution >= 4 is 23.2 Å². The topological polar surface area (TPSA) is 9.23 Å². The summed E-state index contributed by atoms with van der Waals surface area (Å²) >= 11 is 10.4. The highest BCUT2D eigenvalue weighted by Gasteiger charge is 2.89. The lowest BCUT2D eigenvalue weighted by molar-refractivity contribution is -0.243. The first-order chi connectivity index (χ1) is 15.7. The van der Waals surface area contributed by atoms with Crippen LogP contribution in [0, 0.1) is 11.8 Å². The molecule has 0 aliphatic heterocycles. The Morgan fingerprint density at radius 2 is 0.771 bits per heavy atom. The lowest BCUT2D eigenvalue weighted by atomic mass is 9.77. The normalized spacial score (nSPS) is 46.8. The highest BCUT2D eigenvalue weighted by atomic mass is 35.5. The zero-order chi connectivity index (χ0) is 26.7. The summed E-state index contributed by atoms with van der Waals surface area (Å²) < 4.78 is 179. The first-order valence-electron chi connectivity index (χ1n) is 10.9. The molecule has 0 spiro atoms. The first kappa shape index (κ1) is 27.7. The van der Waals surface area contributed by atoms with Crippen LogP contribution in [0.25, 0.3) is 0 Å². The fraction of sp³-hybridized carbons (Fsp3) is 1.00. The fourth-order valence-corrected chi connectivity index (χ4v) is 7.34. The van der Waals surface area contributed by atoms with Crippen LogP contribution in [0.1, 0.15) is 51.4 Å². The van der Waals surface area contributed by atoms with Gasteiger partial charge in [-0.25, -0.2) is 17.6 Å². The van der Waals surface area contributed by atoms with Crippen LogP contribution in [0.2, 0.25) is 0 Å². The number of halogens is 14. The van der Waals surface area contributed by atoms with Gasteiger partial charge in [0, 0.05) is 0 Å². The zero-order valence-electron chi connectivity index (χ0n) is 17.7. The highest BCUT2D eigenvalue weighted by molar-refractivity contribution is 6.24. The van der Waals surface area contributed by atoms with Crippen LogP contribution in [0.5, 0.6) is 0 Å². The summed E-state index contributed by atoms with van der Waals surface area (Å²) in [6.45, 7) is 0. The van der Waals surface area contributed by atoms with E-state index in [1.807, 2.05) is 0 Å². The SMILES string of the molecule is FC1C(C2(OC3(C4C(F)C(F)(F)C(F)(F)C4(F)Cl)CCCC3)CCCC2)C(F)(Cl)C(F)(F)C1(F)F. The van der Waals surface area contributed by atoms with Crippen LogP contribution in [0.15, 0.2) is 0 Å². The summed E-state index contributed by atoms with van der Waals surface area (Å²) in [5.74, 6) is -29.0. The number of alkyl halides is 14. The van der Waals surface area contributed by atoms with Crippen LogP contribution in [0.4, 0.5) is 52.7 Å². The molecule has 0 amide bonds. The number of hydrogen-bond acceptors (Lipinski definition) is 1. The maximum atomic E-state index is 15.1. The molecule has 35 heavy (non-hydrogen) atoms. The van der Waals surface area contributed by atoms with Crippen molar-refractivity contribution in [3.05, 3.63) is 0 Å². The van der Waals surface area contributed by atoms with Crippen molar-refractivity contribution in [1.29, 1.82) is 0 Å². The number of rotatable bonds is 4. The van der Waals surface area contributed by atoms with Crippen LogP contribution in [0.3, 0.4) is 0 Å². The molecule has 4 saturated carbocycles. The second-order valence-corrected chi connectivity index (χ2v) is 11.1. The smallest absolute Gasteiger partial charge is 0.360 e. The van der Waals surface area contributed by atoms with E-state index < -0.39 is 95.0 Å². The van der Waals surface area contributed by atoms with Gasteiger partial charge in [-0.15, -0.1) is 0 Å². The zero-order valence-corrected chi connectivity index (χ0v) is 19.2. The number of hydrogen-bond donors (Lipinski definition) is 0. The molecule has 4 aliphatic rings. The molecule has 4 rings (SSSR count).